The van der Waals surface area contributed by atoms with E-state index in [1.165, 1.54) is 0 Å². The largest absolute Gasteiger partial charge is 0.359 e. The Morgan fingerprint density at radius 1 is 1.38 bits per heavy atom. The molecule has 3 rings (SSSR count). The van der Waals surface area contributed by atoms with Crippen molar-refractivity contribution in [1.82, 2.24) is 19.9 Å². The molecule has 0 aliphatic carbocycles. The van der Waals surface area contributed by atoms with E-state index in [0.717, 1.165) is 16.3 Å². The van der Waals surface area contributed by atoms with Crippen molar-refractivity contribution in [3.63, 3.8) is 0 Å². The zero-order valence-electron chi connectivity index (χ0n) is 13.4. The number of carbonyl (C=O) groups excluding carboxylic acids is 1. The summed E-state index contributed by atoms with van der Waals surface area (Å²) in [5.74, 6) is 1.19. The number of rotatable bonds is 6. The van der Waals surface area contributed by atoms with Crippen molar-refractivity contribution < 1.29 is 9.32 Å². The number of amides is 1. The Hall–Kier alpha value is -2.61. The summed E-state index contributed by atoms with van der Waals surface area (Å²) in [6, 6.07) is 5.30. The molecule has 0 saturated heterocycles. The lowest BCUT2D eigenvalue weighted by molar-refractivity contribution is 0.101. The van der Waals surface area contributed by atoms with Gasteiger partial charge in [0.05, 0.1) is 23.1 Å². The number of nitrogens with zero attached hydrogens (tertiary/aromatic N) is 4. The molecular weight excluding hydrogens is 326 g/mol. The molecule has 0 aliphatic heterocycles. The second kappa shape index (κ2) is 7.31. The average Bonchev–Trinajstić information content (AvgIpc) is 3.19. The van der Waals surface area contributed by atoms with Crippen molar-refractivity contribution in [3.05, 3.63) is 53.8 Å². The van der Waals surface area contributed by atoms with Crippen LogP contribution < -0.4 is 5.32 Å². The molecule has 3 aromatic rings. The first-order valence-corrected chi connectivity index (χ1v) is 8.47. The van der Waals surface area contributed by atoms with Gasteiger partial charge in [-0.15, -0.1) is 11.8 Å². The van der Waals surface area contributed by atoms with E-state index < -0.39 is 0 Å². The molecule has 3 heterocycles. The minimum Gasteiger partial charge on any atom is -0.359 e. The first kappa shape index (κ1) is 16.3. The van der Waals surface area contributed by atoms with Crippen LogP contribution in [0.5, 0.6) is 0 Å². The van der Waals surface area contributed by atoms with Crippen molar-refractivity contribution in [2.45, 2.75) is 25.4 Å². The molecule has 1 amide bonds. The molecule has 0 radical (unpaired) electrons. The van der Waals surface area contributed by atoms with E-state index in [1.807, 2.05) is 25.3 Å². The summed E-state index contributed by atoms with van der Waals surface area (Å²) in [5, 5.41) is 11.7. The third kappa shape index (κ3) is 4.02. The topological polar surface area (TPSA) is 85.8 Å². The normalized spacial score (nSPS) is 10.8. The van der Waals surface area contributed by atoms with E-state index in [2.05, 4.69) is 27.5 Å². The Morgan fingerprint density at radius 2 is 2.25 bits per heavy atom. The van der Waals surface area contributed by atoms with E-state index in [1.54, 1.807) is 34.9 Å². The van der Waals surface area contributed by atoms with Crippen LogP contribution in [0.25, 0.3) is 0 Å². The lowest BCUT2D eigenvalue weighted by atomic mass is 10.3. The summed E-state index contributed by atoms with van der Waals surface area (Å²) in [4.78, 5) is 16.5. The molecule has 0 fully saturated rings. The Kier molecular flexibility index (Phi) is 4.95. The molecule has 0 bridgehead atoms. The van der Waals surface area contributed by atoms with Gasteiger partial charge in [0.2, 0.25) is 0 Å². The summed E-state index contributed by atoms with van der Waals surface area (Å²) in [6.45, 7) is 4.45. The van der Waals surface area contributed by atoms with Crippen molar-refractivity contribution in [2.75, 3.05) is 11.1 Å². The summed E-state index contributed by atoms with van der Waals surface area (Å²) < 4.78 is 6.92. The maximum atomic E-state index is 12.2. The number of thioether (sulfide) groups is 1. The zero-order chi connectivity index (χ0) is 16.9. The smallest absolute Gasteiger partial charge is 0.277 e. The predicted molar refractivity (Wildman–Crippen MR) is 91.2 cm³/mol. The van der Waals surface area contributed by atoms with E-state index in [4.69, 9.17) is 4.52 Å². The van der Waals surface area contributed by atoms with Gasteiger partial charge in [-0.3, -0.25) is 9.48 Å². The minimum absolute atomic E-state index is 0.223. The quantitative estimate of drug-likeness (QED) is 0.693. The van der Waals surface area contributed by atoms with Gasteiger partial charge in [-0.25, -0.2) is 4.98 Å². The Balaban J connectivity index is 1.62. The van der Waals surface area contributed by atoms with Gasteiger partial charge < -0.3 is 9.84 Å². The van der Waals surface area contributed by atoms with Crippen molar-refractivity contribution in [3.8, 4) is 0 Å². The monoisotopic (exact) mass is 343 g/mol. The molecule has 3 aromatic heterocycles. The number of aromatic nitrogens is 4. The molecule has 0 spiro atoms. The molecule has 7 nitrogen and oxygen atoms in total. The molecule has 1 N–H and O–H groups in total. The van der Waals surface area contributed by atoms with Crippen LogP contribution in [-0.2, 0) is 6.54 Å². The molecular formula is C16H17N5O2S. The zero-order valence-corrected chi connectivity index (χ0v) is 14.2. The fraction of sp³-hybridized carbons (Fsp3) is 0.250. The summed E-state index contributed by atoms with van der Waals surface area (Å²) in [6.07, 6.45) is 5.28. The van der Waals surface area contributed by atoms with Crippen LogP contribution in [0.3, 0.4) is 0 Å². The van der Waals surface area contributed by atoms with E-state index in [9.17, 15) is 4.79 Å². The van der Waals surface area contributed by atoms with Crippen LogP contribution in [0.15, 0.2) is 46.3 Å². The number of pyridine rings is 1. The number of anilines is 1. The second-order valence-corrected chi connectivity index (χ2v) is 6.45. The molecule has 0 aliphatic rings. The number of hydrogen-bond acceptors (Lipinski definition) is 6. The van der Waals surface area contributed by atoms with Gasteiger partial charge >= 0.3 is 0 Å². The van der Waals surface area contributed by atoms with Crippen LogP contribution >= 0.6 is 11.8 Å². The van der Waals surface area contributed by atoms with Gasteiger partial charge in [0.1, 0.15) is 6.54 Å². The van der Waals surface area contributed by atoms with Crippen molar-refractivity contribution >= 4 is 23.4 Å². The fourth-order valence-corrected chi connectivity index (χ4v) is 2.68. The molecule has 24 heavy (non-hydrogen) atoms. The Morgan fingerprint density at radius 3 is 2.92 bits per heavy atom. The van der Waals surface area contributed by atoms with Gasteiger partial charge in [0.15, 0.2) is 11.5 Å². The molecule has 124 valence electrons. The number of hydrogen-bond donors (Lipinski definition) is 1. The van der Waals surface area contributed by atoms with E-state index in [-0.39, 0.29) is 11.6 Å². The van der Waals surface area contributed by atoms with Crippen LogP contribution in [0.4, 0.5) is 5.69 Å². The summed E-state index contributed by atoms with van der Waals surface area (Å²) in [5.41, 5.74) is 1.90. The number of carbonyl (C=O) groups is 1. The summed E-state index contributed by atoms with van der Waals surface area (Å²) >= 11 is 1.65. The van der Waals surface area contributed by atoms with Crippen LogP contribution in [0.1, 0.15) is 28.7 Å². The van der Waals surface area contributed by atoms with E-state index >= 15 is 0 Å². The SMILES string of the molecule is CCSc1ccc(NC(=O)c2cc(Cn3cc(C)cn3)on2)cn1. The van der Waals surface area contributed by atoms with Crippen molar-refractivity contribution in [1.29, 1.82) is 0 Å². The third-order valence-electron chi connectivity index (χ3n) is 3.16. The highest BCUT2D eigenvalue weighted by molar-refractivity contribution is 7.99. The molecule has 8 heteroatoms. The number of nitrogens with one attached hydrogen (secondary N) is 1. The highest BCUT2D eigenvalue weighted by Crippen LogP contribution is 2.17. The van der Waals surface area contributed by atoms with Gasteiger partial charge in [-0.2, -0.15) is 5.10 Å². The highest BCUT2D eigenvalue weighted by Gasteiger charge is 2.13. The summed E-state index contributed by atoms with van der Waals surface area (Å²) in [7, 11) is 0. The van der Waals surface area contributed by atoms with Gasteiger partial charge in [-0.1, -0.05) is 12.1 Å². The lowest BCUT2D eigenvalue weighted by Gasteiger charge is -2.03. The number of aryl methyl sites for hydroxylation is 1. The predicted octanol–water partition coefficient (Wildman–Crippen LogP) is 2.99. The van der Waals surface area contributed by atoms with E-state index in [0.29, 0.717) is 18.0 Å². The van der Waals surface area contributed by atoms with Crippen LogP contribution in [0, 0.1) is 6.92 Å². The average molecular weight is 343 g/mol. The minimum atomic E-state index is -0.334. The van der Waals surface area contributed by atoms with Gasteiger partial charge in [0.25, 0.3) is 5.91 Å². The van der Waals surface area contributed by atoms with Crippen LogP contribution in [0.2, 0.25) is 0 Å². The first-order chi connectivity index (χ1) is 11.6. The van der Waals surface area contributed by atoms with Crippen LogP contribution in [-0.4, -0.2) is 31.6 Å². The first-order valence-electron chi connectivity index (χ1n) is 7.49. The molecule has 0 saturated carbocycles. The Labute approximate surface area is 143 Å². The highest BCUT2D eigenvalue weighted by atomic mass is 32.2. The molecule has 0 unspecified atom stereocenters. The maximum Gasteiger partial charge on any atom is 0.277 e. The van der Waals surface area contributed by atoms with Gasteiger partial charge in [-0.05, 0) is 30.4 Å². The fourth-order valence-electron chi connectivity index (χ4n) is 2.09. The standard InChI is InChI=1S/C16H17N5O2S/c1-3-24-15-5-4-12(8-17-15)19-16(22)14-6-13(23-20-14)10-21-9-11(2)7-18-21/h4-9H,3,10H2,1-2H3,(H,19,22). The van der Waals surface area contributed by atoms with Gasteiger partial charge in [0, 0.05) is 12.3 Å². The maximum absolute atomic E-state index is 12.2. The Bertz CT molecular complexity index is 825. The second-order valence-electron chi connectivity index (χ2n) is 5.17. The van der Waals surface area contributed by atoms with Crippen molar-refractivity contribution in [2.24, 2.45) is 0 Å². The lowest BCUT2D eigenvalue weighted by Crippen LogP contribution is -2.12. The third-order valence-corrected chi connectivity index (χ3v) is 3.98. The molecule has 0 atom stereocenters. The molecule has 0 aromatic carbocycles.